The number of hydrogen-bond acceptors (Lipinski definition) is 10. The molecule has 0 bridgehead atoms. The molecule has 14 heteroatoms. The second-order valence-corrected chi connectivity index (χ2v) is 12.4. The number of nitro groups is 1. The average Bonchev–Trinajstić information content (AvgIpc) is 3.43. The molecule has 2 amide bonds. The van der Waals surface area contributed by atoms with Crippen molar-refractivity contribution in [3.8, 4) is 0 Å². The molecule has 0 saturated carbocycles. The fourth-order valence-electron chi connectivity index (χ4n) is 4.45. The molecule has 0 saturated heterocycles. The van der Waals surface area contributed by atoms with Gasteiger partial charge in [0.05, 0.1) is 45.4 Å². The lowest BCUT2D eigenvalue weighted by Crippen LogP contribution is -2.20. The monoisotopic (exact) mass is 606 g/mol. The second kappa shape index (κ2) is 13.5. The largest absolute Gasteiger partial charge is 0.462 e. The number of rotatable bonds is 11. The molecular formula is C26H30N4O7S3. The summed E-state index contributed by atoms with van der Waals surface area (Å²) in [6, 6.07) is 4.51. The van der Waals surface area contributed by atoms with E-state index in [0.717, 1.165) is 47.0 Å². The van der Waals surface area contributed by atoms with Gasteiger partial charge in [-0.2, -0.15) is 4.99 Å². The number of aromatic nitrogens is 1. The minimum atomic E-state index is -0.468. The first kappa shape index (κ1) is 29.9. The van der Waals surface area contributed by atoms with Gasteiger partial charge in [-0.3, -0.25) is 19.7 Å². The zero-order valence-electron chi connectivity index (χ0n) is 22.4. The van der Waals surface area contributed by atoms with Crippen LogP contribution in [-0.2, 0) is 38.4 Å². The molecule has 214 valence electrons. The van der Waals surface area contributed by atoms with Crippen molar-refractivity contribution in [1.29, 1.82) is 0 Å². The van der Waals surface area contributed by atoms with Gasteiger partial charge in [0, 0.05) is 30.7 Å². The lowest BCUT2D eigenvalue weighted by molar-refractivity contribution is -0.384. The molecule has 2 heterocycles. The summed E-state index contributed by atoms with van der Waals surface area (Å²) in [5.74, 6) is -0.696. The first-order chi connectivity index (χ1) is 19.2. The smallest absolute Gasteiger partial charge is 0.341 e. The van der Waals surface area contributed by atoms with E-state index in [-0.39, 0.29) is 29.7 Å². The summed E-state index contributed by atoms with van der Waals surface area (Å²) < 4.78 is 12.8. The van der Waals surface area contributed by atoms with E-state index >= 15 is 0 Å². The Morgan fingerprint density at radius 3 is 2.80 bits per heavy atom. The number of carbonyl (C=O) groups excluding carboxylic acids is 3. The van der Waals surface area contributed by atoms with E-state index in [2.05, 4.69) is 17.2 Å². The normalized spacial score (nSPS) is 15.2. The molecule has 1 aliphatic carbocycles. The van der Waals surface area contributed by atoms with E-state index in [0.29, 0.717) is 39.1 Å². The zero-order valence-corrected chi connectivity index (χ0v) is 24.8. The van der Waals surface area contributed by atoms with Crippen LogP contribution in [0.4, 0.5) is 10.7 Å². The Bertz CT molecular complexity index is 1510. The van der Waals surface area contributed by atoms with E-state index in [1.54, 1.807) is 24.7 Å². The Morgan fingerprint density at radius 1 is 1.27 bits per heavy atom. The number of amides is 2. The van der Waals surface area contributed by atoms with Crippen LogP contribution in [0.3, 0.4) is 0 Å². The van der Waals surface area contributed by atoms with Crippen molar-refractivity contribution in [2.75, 3.05) is 37.1 Å². The van der Waals surface area contributed by atoms with Gasteiger partial charge in [0.25, 0.3) is 11.6 Å². The van der Waals surface area contributed by atoms with Gasteiger partial charge in [0.15, 0.2) is 4.80 Å². The molecule has 40 heavy (non-hydrogen) atoms. The summed E-state index contributed by atoms with van der Waals surface area (Å²) in [5.41, 5.74) is 2.09. The van der Waals surface area contributed by atoms with Crippen LogP contribution in [0.1, 0.15) is 41.1 Å². The highest BCUT2D eigenvalue weighted by Gasteiger charge is 2.29. The molecule has 1 atom stereocenters. The molecule has 0 spiro atoms. The highest BCUT2D eigenvalue weighted by molar-refractivity contribution is 8.00. The Hall–Kier alpha value is -3.07. The van der Waals surface area contributed by atoms with E-state index in [9.17, 15) is 24.5 Å². The van der Waals surface area contributed by atoms with Crippen LogP contribution in [-0.4, -0.2) is 59.1 Å². The molecule has 2 aromatic heterocycles. The second-order valence-electron chi connectivity index (χ2n) is 9.26. The number of thiophene rings is 1. The number of nitrogens with zero attached hydrogens (tertiary/aromatic N) is 3. The number of benzene rings is 1. The topological polar surface area (TPSA) is 142 Å². The summed E-state index contributed by atoms with van der Waals surface area (Å²) in [4.78, 5) is 54.5. The highest BCUT2D eigenvalue weighted by Crippen LogP contribution is 2.40. The molecular weight excluding hydrogens is 577 g/mol. The number of hydrogen-bond donors (Lipinski definition) is 1. The van der Waals surface area contributed by atoms with Crippen LogP contribution in [0.2, 0.25) is 0 Å². The van der Waals surface area contributed by atoms with Gasteiger partial charge in [-0.1, -0.05) is 18.3 Å². The van der Waals surface area contributed by atoms with Crippen LogP contribution < -0.4 is 10.1 Å². The third-order valence-corrected chi connectivity index (χ3v) is 9.45. The SMILES string of the molecule is CCOC(=O)c1c(NC(=O)CSCC(=O)N=c2sc3cc([N+](=O)[O-])ccc3n2CCOC)sc2c1CCC(C)C2. The maximum atomic E-state index is 12.7. The number of nitrogens with one attached hydrogen (secondary N) is 1. The number of thiazole rings is 1. The standard InChI is InChI=1S/C26H30N4O7S3/c1-4-37-25(33)23-17-7-5-15(2)11-19(17)39-24(23)27-21(31)13-38-14-22(32)28-26-29(9-10-36-3)18-8-6-16(30(34)35)12-20(18)40-26/h6,8,12,15H,4-5,7,9-11,13-14H2,1-3H3,(H,27,31). The molecule has 1 aromatic carbocycles. The van der Waals surface area contributed by atoms with E-state index in [1.807, 2.05) is 0 Å². The quantitative estimate of drug-likeness (QED) is 0.192. The molecule has 1 N–H and O–H groups in total. The number of methoxy groups -OCH3 is 1. The Morgan fingerprint density at radius 2 is 2.08 bits per heavy atom. The fraction of sp³-hybridized carbons (Fsp3) is 0.462. The van der Waals surface area contributed by atoms with Crippen LogP contribution in [0.5, 0.6) is 0 Å². The third-order valence-electron chi connectivity index (χ3n) is 6.32. The van der Waals surface area contributed by atoms with Gasteiger partial charge in [-0.25, -0.2) is 4.79 Å². The van der Waals surface area contributed by atoms with Crippen molar-refractivity contribution in [3.05, 3.63) is 49.1 Å². The van der Waals surface area contributed by atoms with Crippen LogP contribution in [0, 0.1) is 16.0 Å². The van der Waals surface area contributed by atoms with E-state index in [1.165, 1.54) is 34.8 Å². The number of carbonyl (C=O) groups is 3. The van der Waals surface area contributed by atoms with E-state index < -0.39 is 16.8 Å². The number of esters is 1. The maximum absolute atomic E-state index is 12.7. The number of ether oxygens (including phenoxy) is 2. The predicted molar refractivity (Wildman–Crippen MR) is 156 cm³/mol. The minimum Gasteiger partial charge on any atom is -0.462 e. The van der Waals surface area contributed by atoms with Crippen LogP contribution in [0.15, 0.2) is 23.2 Å². The number of nitro benzene ring substituents is 1. The summed E-state index contributed by atoms with van der Waals surface area (Å²) in [6.07, 6.45) is 2.62. The molecule has 0 radical (unpaired) electrons. The van der Waals surface area contributed by atoms with E-state index in [4.69, 9.17) is 9.47 Å². The average molecular weight is 607 g/mol. The summed E-state index contributed by atoms with van der Waals surface area (Å²) in [7, 11) is 1.56. The van der Waals surface area contributed by atoms with Crippen molar-refractivity contribution in [2.24, 2.45) is 10.9 Å². The fourth-order valence-corrected chi connectivity index (χ4v) is 7.57. The number of thioether (sulfide) groups is 1. The predicted octanol–water partition coefficient (Wildman–Crippen LogP) is 4.42. The summed E-state index contributed by atoms with van der Waals surface area (Å²) in [6.45, 7) is 4.96. The number of anilines is 1. The minimum absolute atomic E-state index is 0.00474. The van der Waals surface area contributed by atoms with Crippen molar-refractivity contribution in [3.63, 3.8) is 0 Å². The number of fused-ring (bicyclic) bond motifs is 2. The molecule has 1 unspecified atom stereocenters. The Kier molecular flexibility index (Phi) is 10.1. The van der Waals surface area contributed by atoms with Crippen LogP contribution >= 0.6 is 34.4 Å². The number of non-ortho nitro benzene ring substituents is 1. The van der Waals surface area contributed by atoms with Gasteiger partial charge < -0.3 is 19.4 Å². The van der Waals surface area contributed by atoms with Gasteiger partial charge in [-0.15, -0.1) is 23.1 Å². The molecule has 11 nitrogen and oxygen atoms in total. The molecule has 0 aliphatic heterocycles. The maximum Gasteiger partial charge on any atom is 0.341 e. The molecule has 1 aliphatic rings. The third kappa shape index (κ3) is 6.97. The van der Waals surface area contributed by atoms with Gasteiger partial charge in [-0.05, 0) is 43.7 Å². The summed E-state index contributed by atoms with van der Waals surface area (Å²) in [5, 5.41) is 14.5. The van der Waals surface area contributed by atoms with Crippen LogP contribution in [0.25, 0.3) is 10.2 Å². The highest BCUT2D eigenvalue weighted by atomic mass is 32.2. The lowest BCUT2D eigenvalue weighted by atomic mass is 9.88. The van der Waals surface area contributed by atoms with Crippen molar-refractivity contribution >= 4 is 73.1 Å². The van der Waals surface area contributed by atoms with Crippen molar-refractivity contribution in [2.45, 2.75) is 39.7 Å². The first-order valence-electron chi connectivity index (χ1n) is 12.7. The van der Waals surface area contributed by atoms with Crippen molar-refractivity contribution in [1.82, 2.24) is 4.57 Å². The molecule has 4 rings (SSSR count). The lowest BCUT2D eigenvalue weighted by Gasteiger charge is -2.18. The van der Waals surface area contributed by atoms with Crippen molar-refractivity contribution < 1.29 is 28.8 Å². The van der Waals surface area contributed by atoms with Gasteiger partial charge in [0.1, 0.15) is 5.00 Å². The molecule has 3 aromatic rings. The summed E-state index contributed by atoms with van der Waals surface area (Å²) >= 11 is 3.72. The first-order valence-corrected chi connectivity index (χ1v) is 15.5. The Labute approximate surface area is 242 Å². The molecule has 0 fully saturated rings. The van der Waals surface area contributed by atoms with Gasteiger partial charge >= 0.3 is 5.97 Å². The zero-order chi connectivity index (χ0) is 28.8. The van der Waals surface area contributed by atoms with Gasteiger partial charge in [0.2, 0.25) is 5.91 Å². The Balaban J connectivity index is 1.43.